The Morgan fingerprint density at radius 1 is 1.21 bits per heavy atom. The number of hydrogen-bond acceptors (Lipinski definition) is 1. The van der Waals surface area contributed by atoms with Gasteiger partial charge in [0.1, 0.15) is 17.7 Å². The third kappa shape index (κ3) is 2.66. The number of aliphatic hydroxyl groups is 1. The van der Waals surface area contributed by atoms with Crippen LogP contribution < -0.4 is 0 Å². The first kappa shape index (κ1) is 14.4. The van der Waals surface area contributed by atoms with Crippen LogP contribution in [-0.4, -0.2) is 5.11 Å². The van der Waals surface area contributed by atoms with Crippen molar-refractivity contribution in [3.63, 3.8) is 0 Å². The van der Waals surface area contributed by atoms with Crippen LogP contribution in [0.5, 0.6) is 0 Å². The quantitative estimate of drug-likeness (QED) is 0.776. The lowest BCUT2D eigenvalue weighted by Crippen LogP contribution is -2.07. The van der Waals surface area contributed by atoms with Crippen LogP contribution in [0.1, 0.15) is 22.8 Å². The second-order valence-electron chi connectivity index (χ2n) is 4.14. The molecule has 19 heavy (non-hydrogen) atoms. The molecule has 0 spiro atoms. The van der Waals surface area contributed by atoms with Crippen LogP contribution in [0, 0.1) is 18.6 Å². The number of aryl methyl sites for hydroxylation is 1. The van der Waals surface area contributed by atoms with Crippen molar-refractivity contribution in [2.45, 2.75) is 13.0 Å². The summed E-state index contributed by atoms with van der Waals surface area (Å²) in [4.78, 5) is 0. The fourth-order valence-corrected chi connectivity index (χ4v) is 2.41. The summed E-state index contributed by atoms with van der Waals surface area (Å²) in [7, 11) is 0. The fraction of sp³-hybridized carbons (Fsp3) is 0.143. The summed E-state index contributed by atoms with van der Waals surface area (Å²) in [6.45, 7) is 1.76. The van der Waals surface area contributed by atoms with Crippen molar-refractivity contribution in [1.29, 1.82) is 0 Å². The molecule has 100 valence electrons. The number of rotatable bonds is 2. The van der Waals surface area contributed by atoms with E-state index in [2.05, 4.69) is 15.9 Å². The molecule has 1 N–H and O–H groups in total. The van der Waals surface area contributed by atoms with E-state index < -0.39 is 23.3 Å². The highest BCUT2D eigenvalue weighted by Gasteiger charge is 2.23. The number of benzene rings is 2. The van der Waals surface area contributed by atoms with Gasteiger partial charge in [-0.3, -0.25) is 0 Å². The minimum Gasteiger partial charge on any atom is -0.383 e. The van der Waals surface area contributed by atoms with Gasteiger partial charge in [0.25, 0.3) is 0 Å². The van der Waals surface area contributed by atoms with E-state index in [9.17, 15) is 13.9 Å². The molecule has 1 nitrogen and oxygen atoms in total. The molecule has 2 rings (SSSR count). The molecule has 0 fully saturated rings. The highest BCUT2D eigenvalue weighted by Crippen LogP contribution is 2.34. The van der Waals surface area contributed by atoms with Crippen molar-refractivity contribution in [1.82, 2.24) is 0 Å². The molecule has 0 saturated carbocycles. The molecule has 0 heterocycles. The summed E-state index contributed by atoms with van der Waals surface area (Å²) in [5.74, 6) is -1.64. The Labute approximate surface area is 123 Å². The molecule has 1 unspecified atom stereocenters. The molecule has 5 heteroatoms. The minimum atomic E-state index is -1.45. The SMILES string of the molecule is Cc1cccc(C(O)c2c(F)ccc(Br)c2F)c1Cl. The molecule has 2 aromatic carbocycles. The van der Waals surface area contributed by atoms with Gasteiger partial charge in [-0.15, -0.1) is 0 Å². The Bertz CT molecular complexity index is 631. The van der Waals surface area contributed by atoms with Gasteiger partial charge in [-0.1, -0.05) is 29.8 Å². The average molecular weight is 348 g/mol. The first-order valence-electron chi connectivity index (χ1n) is 5.50. The van der Waals surface area contributed by atoms with E-state index in [0.29, 0.717) is 5.02 Å². The minimum absolute atomic E-state index is 0.0896. The molecule has 0 bridgehead atoms. The zero-order chi connectivity index (χ0) is 14.2. The van der Waals surface area contributed by atoms with Gasteiger partial charge in [-0.2, -0.15) is 0 Å². The topological polar surface area (TPSA) is 20.2 Å². The molecule has 0 aliphatic heterocycles. The van der Waals surface area contributed by atoms with Crippen molar-refractivity contribution in [3.05, 3.63) is 68.2 Å². The first-order chi connectivity index (χ1) is 8.93. The van der Waals surface area contributed by atoms with Crippen LogP contribution in [-0.2, 0) is 0 Å². The number of aliphatic hydroxyl groups excluding tert-OH is 1. The van der Waals surface area contributed by atoms with E-state index >= 15 is 0 Å². The van der Waals surface area contributed by atoms with Crippen LogP contribution in [0.3, 0.4) is 0 Å². The third-order valence-electron chi connectivity index (χ3n) is 2.87. The van der Waals surface area contributed by atoms with Gasteiger partial charge < -0.3 is 5.11 Å². The van der Waals surface area contributed by atoms with E-state index in [0.717, 1.165) is 11.6 Å². The average Bonchev–Trinajstić information content (AvgIpc) is 2.37. The molecule has 0 radical (unpaired) electrons. The van der Waals surface area contributed by atoms with Crippen molar-refractivity contribution in [2.24, 2.45) is 0 Å². The monoisotopic (exact) mass is 346 g/mol. The highest BCUT2D eigenvalue weighted by atomic mass is 79.9. The van der Waals surface area contributed by atoms with Crippen LogP contribution in [0.25, 0.3) is 0 Å². The first-order valence-corrected chi connectivity index (χ1v) is 6.67. The molecular weight excluding hydrogens is 338 g/mol. The molecule has 1 atom stereocenters. The van der Waals surface area contributed by atoms with E-state index in [-0.39, 0.29) is 10.0 Å². The molecule has 0 saturated heterocycles. The lowest BCUT2D eigenvalue weighted by atomic mass is 9.99. The van der Waals surface area contributed by atoms with E-state index in [1.54, 1.807) is 25.1 Å². The van der Waals surface area contributed by atoms with Gasteiger partial charge in [-0.25, -0.2) is 8.78 Å². The Hall–Kier alpha value is -0.970. The normalized spacial score (nSPS) is 12.5. The van der Waals surface area contributed by atoms with Crippen molar-refractivity contribution < 1.29 is 13.9 Å². The van der Waals surface area contributed by atoms with Crippen LogP contribution in [0.2, 0.25) is 5.02 Å². The van der Waals surface area contributed by atoms with Crippen molar-refractivity contribution in [2.75, 3.05) is 0 Å². The summed E-state index contributed by atoms with van der Waals surface area (Å²) < 4.78 is 27.8. The fourth-order valence-electron chi connectivity index (χ4n) is 1.83. The molecule has 0 aliphatic carbocycles. The predicted molar refractivity (Wildman–Crippen MR) is 74.3 cm³/mol. The lowest BCUT2D eigenvalue weighted by molar-refractivity contribution is 0.209. The van der Waals surface area contributed by atoms with Crippen molar-refractivity contribution >= 4 is 27.5 Å². The zero-order valence-electron chi connectivity index (χ0n) is 9.92. The van der Waals surface area contributed by atoms with Gasteiger partial charge in [0.15, 0.2) is 0 Å². The van der Waals surface area contributed by atoms with E-state index in [4.69, 9.17) is 11.6 Å². The second kappa shape index (κ2) is 5.57. The Morgan fingerprint density at radius 3 is 2.58 bits per heavy atom. The number of hydrogen-bond donors (Lipinski definition) is 1. The largest absolute Gasteiger partial charge is 0.383 e. The molecule has 0 amide bonds. The summed E-state index contributed by atoms with van der Waals surface area (Å²) in [6.07, 6.45) is -1.45. The maximum Gasteiger partial charge on any atom is 0.146 e. The predicted octanol–water partition coefficient (Wildman–Crippen LogP) is 4.77. The molecular formula is C14H10BrClF2O. The molecule has 2 aromatic rings. The second-order valence-corrected chi connectivity index (χ2v) is 5.37. The molecule has 0 aliphatic rings. The Balaban J connectivity index is 2.59. The Morgan fingerprint density at radius 2 is 1.89 bits per heavy atom. The standard InChI is InChI=1S/C14H10BrClF2O/c1-7-3-2-4-8(12(7)16)14(19)11-10(17)6-5-9(15)13(11)18/h2-6,14,19H,1H3. The summed E-state index contributed by atoms with van der Waals surface area (Å²) >= 11 is 9.03. The lowest BCUT2D eigenvalue weighted by Gasteiger charge is -2.16. The van der Waals surface area contributed by atoms with Gasteiger partial charge in [0.2, 0.25) is 0 Å². The van der Waals surface area contributed by atoms with Crippen LogP contribution in [0.15, 0.2) is 34.8 Å². The number of halogens is 4. The van der Waals surface area contributed by atoms with Gasteiger partial charge >= 0.3 is 0 Å². The van der Waals surface area contributed by atoms with Gasteiger partial charge in [0, 0.05) is 10.6 Å². The highest BCUT2D eigenvalue weighted by molar-refractivity contribution is 9.10. The zero-order valence-corrected chi connectivity index (χ0v) is 12.3. The summed E-state index contributed by atoms with van der Waals surface area (Å²) in [5, 5.41) is 10.5. The maximum atomic E-state index is 13.9. The summed E-state index contributed by atoms with van der Waals surface area (Å²) in [5.41, 5.74) is 0.591. The van der Waals surface area contributed by atoms with Crippen LogP contribution in [0.4, 0.5) is 8.78 Å². The van der Waals surface area contributed by atoms with Crippen molar-refractivity contribution in [3.8, 4) is 0 Å². The smallest absolute Gasteiger partial charge is 0.146 e. The maximum absolute atomic E-state index is 13.9. The Kier molecular flexibility index (Phi) is 4.23. The third-order valence-corrected chi connectivity index (χ3v) is 4.00. The van der Waals surface area contributed by atoms with E-state index in [1.807, 2.05) is 0 Å². The van der Waals surface area contributed by atoms with E-state index in [1.165, 1.54) is 6.07 Å². The molecule has 0 aromatic heterocycles. The summed E-state index contributed by atoms with van der Waals surface area (Å²) in [6, 6.07) is 7.31. The van der Waals surface area contributed by atoms with Crippen LogP contribution >= 0.6 is 27.5 Å². The van der Waals surface area contributed by atoms with Gasteiger partial charge in [-0.05, 0) is 40.5 Å². The van der Waals surface area contributed by atoms with Gasteiger partial charge in [0.05, 0.1) is 10.0 Å².